The number of anilines is 1. The molecule has 0 aliphatic heterocycles. The van der Waals surface area contributed by atoms with Gasteiger partial charge in [-0.15, -0.1) is 11.3 Å². The van der Waals surface area contributed by atoms with E-state index in [-0.39, 0.29) is 11.5 Å². The summed E-state index contributed by atoms with van der Waals surface area (Å²) in [5.41, 5.74) is 3.55. The van der Waals surface area contributed by atoms with Crippen molar-refractivity contribution in [1.82, 2.24) is 25.1 Å². The van der Waals surface area contributed by atoms with Crippen molar-refractivity contribution >= 4 is 22.4 Å². The number of nitrogens with zero attached hydrogens (tertiary/aromatic N) is 5. The molecule has 26 heavy (non-hydrogen) atoms. The first-order valence-electron chi connectivity index (χ1n) is 7.62. The molecule has 1 N–H and O–H groups in total. The van der Waals surface area contributed by atoms with Crippen LogP contribution in [0.2, 0.25) is 0 Å². The lowest BCUT2D eigenvalue weighted by atomic mass is 10.2. The highest BCUT2D eigenvalue weighted by Gasteiger charge is 2.20. The Labute approximate surface area is 152 Å². The van der Waals surface area contributed by atoms with Crippen molar-refractivity contribution in [1.29, 1.82) is 0 Å². The van der Waals surface area contributed by atoms with Gasteiger partial charge < -0.3 is 4.52 Å². The molecule has 9 heteroatoms. The predicted molar refractivity (Wildman–Crippen MR) is 95.6 cm³/mol. The maximum absolute atomic E-state index is 12.6. The van der Waals surface area contributed by atoms with E-state index in [9.17, 15) is 4.79 Å². The van der Waals surface area contributed by atoms with E-state index < -0.39 is 0 Å². The average molecular weight is 364 g/mol. The van der Waals surface area contributed by atoms with E-state index in [1.54, 1.807) is 12.4 Å². The number of nitrogens with one attached hydrogen (secondary N) is 1. The molecule has 0 atom stereocenters. The summed E-state index contributed by atoms with van der Waals surface area (Å²) in [6.45, 7) is 1.96. The summed E-state index contributed by atoms with van der Waals surface area (Å²) in [5.74, 6) is -0.384. The molecule has 4 heterocycles. The van der Waals surface area contributed by atoms with Crippen molar-refractivity contribution in [3.63, 3.8) is 0 Å². The number of amides is 1. The van der Waals surface area contributed by atoms with Crippen LogP contribution in [0.25, 0.3) is 22.8 Å². The lowest BCUT2D eigenvalue weighted by Gasteiger charge is -2.01. The summed E-state index contributed by atoms with van der Waals surface area (Å²) in [7, 11) is 0. The van der Waals surface area contributed by atoms with Gasteiger partial charge in [0.25, 0.3) is 5.91 Å². The Morgan fingerprint density at radius 2 is 2.08 bits per heavy atom. The van der Waals surface area contributed by atoms with E-state index in [1.807, 2.05) is 24.4 Å². The van der Waals surface area contributed by atoms with E-state index in [1.165, 1.54) is 30.0 Å². The molecule has 4 aromatic rings. The highest BCUT2D eigenvalue weighted by molar-refractivity contribution is 7.14. The van der Waals surface area contributed by atoms with Gasteiger partial charge in [-0.1, -0.05) is 11.2 Å². The second kappa shape index (κ2) is 6.81. The number of rotatable bonds is 4. The van der Waals surface area contributed by atoms with Gasteiger partial charge in [0.05, 0.1) is 11.9 Å². The summed E-state index contributed by atoms with van der Waals surface area (Å²) < 4.78 is 4.94. The second-order valence-corrected chi connectivity index (χ2v) is 6.19. The van der Waals surface area contributed by atoms with Gasteiger partial charge in [-0.2, -0.15) is 0 Å². The van der Waals surface area contributed by atoms with Gasteiger partial charge >= 0.3 is 0 Å². The molecule has 0 saturated carbocycles. The fraction of sp³-hybridized carbons (Fsp3) is 0.0588. The standard InChI is InChI=1S/C17H12N6O2S/c1-10-3-2-4-20-14(10)13-9-26-17(21-13)22-16(24)11-8-25-23-15(11)12-7-18-5-6-19-12/h2-9H,1H3,(H,21,22,24). The number of hydrogen-bond donors (Lipinski definition) is 1. The maximum Gasteiger partial charge on any atom is 0.263 e. The number of carbonyl (C=O) groups excluding carboxylic acids is 1. The topological polar surface area (TPSA) is 107 Å². The van der Waals surface area contributed by atoms with Crippen molar-refractivity contribution < 1.29 is 9.32 Å². The number of aromatic nitrogens is 5. The Balaban J connectivity index is 1.57. The molecule has 1 amide bonds. The molecule has 8 nitrogen and oxygen atoms in total. The monoisotopic (exact) mass is 364 g/mol. The zero-order valence-corrected chi connectivity index (χ0v) is 14.4. The first-order valence-corrected chi connectivity index (χ1v) is 8.50. The zero-order chi connectivity index (χ0) is 17.9. The quantitative estimate of drug-likeness (QED) is 0.592. The van der Waals surface area contributed by atoms with Crippen molar-refractivity contribution in [2.45, 2.75) is 6.92 Å². The van der Waals surface area contributed by atoms with Crippen LogP contribution in [0.4, 0.5) is 5.13 Å². The van der Waals surface area contributed by atoms with Crippen LogP contribution in [0.15, 0.2) is 53.1 Å². The normalized spacial score (nSPS) is 10.7. The highest BCUT2D eigenvalue weighted by Crippen LogP contribution is 2.26. The third kappa shape index (κ3) is 3.07. The highest BCUT2D eigenvalue weighted by atomic mass is 32.1. The maximum atomic E-state index is 12.6. The minimum atomic E-state index is -0.384. The Hall–Kier alpha value is -3.46. The van der Waals surface area contributed by atoms with Gasteiger partial charge in [-0.25, -0.2) is 4.98 Å². The molecular formula is C17H12N6O2S. The summed E-state index contributed by atoms with van der Waals surface area (Å²) in [6.07, 6.45) is 7.56. The largest absolute Gasteiger partial charge is 0.363 e. The van der Waals surface area contributed by atoms with Crippen molar-refractivity contribution in [3.8, 4) is 22.8 Å². The Morgan fingerprint density at radius 1 is 1.15 bits per heavy atom. The van der Waals surface area contributed by atoms with Gasteiger partial charge in [0, 0.05) is 24.0 Å². The van der Waals surface area contributed by atoms with Crippen LogP contribution >= 0.6 is 11.3 Å². The number of aryl methyl sites for hydroxylation is 1. The molecule has 0 spiro atoms. The summed E-state index contributed by atoms with van der Waals surface area (Å²) >= 11 is 1.32. The lowest BCUT2D eigenvalue weighted by molar-refractivity contribution is 0.102. The van der Waals surface area contributed by atoms with E-state index in [2.05, 4.69) is 30.4 Å². The lowest BCUT2D eigenvalue weighted by Crippen LogP contribution is -2.12. The summed E-state index contributed by atoms with van der Waals surface area (Å²) in [4.78, 5) is 29.5. The van der Waals surface area contributed by atoms with Crippen LogP contribution in [0.5, 0.6) is 0 Å². The van der Waals surface area contributed by atoms with Crippen LogP contribution in [0.3, 0.4) is 0 Å². The van der Waals surface area contributed by atoms with Crippen molar-refractivity contribution in [3.05, 3.63) is 59.7 Å². The van der Waals surface area contributed by atoms with E-state index >= 15 is 0 Å². The van der Waals surface area contributed by atoms with Gasteiger partial charge in [-0.05, 0) is 18.6 Å². The van der Waals surface area contributed by atoms with Crippen molar-refractivity contribution in [2.75, 3.05) is 5.32 Å². The van der Waals surface area contributed by atoms with Gasteiger partial charge in [0.1, 0.15) is 28.9 Å². The van der Waals surface area contributed by atoms with E-state index in [0.717, 1.165) is 11.3 Å². The molecular weight excluding hydrogens is 352 g/mol. The minimum Gasteiger partial charge on any atom is -0.363 e. The summed E-state index contributed by atoms with van der Waals surface area (Å²) in [5, 5.41) is 8.91. The fourth-order valence-corrected chi connectivity index (χ4v) is 3.05. The molecule has 0 radical (unpaired) electrons. The van der Waals surface area contributed by atoms with Gasteiger partial charge in [-0.3, -0.25) is 25.1 Å². The molecule has 0 aliphatic rings. The van der Waals surface area contributed by atoms with Crippen LogP contribution in [0.1, 0.15) is 15.9 Å². The van der Waals surface area contributed by atoms with Crippen LogP contribution in [0, 0.1) is 6.92 Å². The van der Waals surface area contributed by atoms with Gasteiger partial charge in [0.15, 0.2) is 5.13 Å². The molecule has 0 bridgehead atoms. The van der Waals surface area contributed by atoms with E-state index in [4.69, 9.17) is 4.52 Å². The Morgan fingerprint density at radius 3 is 2.88 bits per heavy atom. The molecule has 0 unspecified atom stereocenters. The molecule has 0 fully saturated rings. The Bertz CT molecular complexity index is 1060. The second-order valence-electron chi connectivity index (χ2n) is 5.33. The number of thiazole rings is 1. The minimum absolute atomic E-state index is 0.260. The van der Waals surface area contributed by atoms with Crippen LogP contribution in [-0.4, -0.2) is 31.0 Å². The molecule has 0 aliphatic carbocycles. The third-order valence-electron chi connectivity index (χ3n) is 3.60. The fourth-order valence-electron chi connectivity index (χ4n) is 2.36. The summed E-state index contributed by atoms with van der Waals surface area (Å²) in [6, 6.07) is 3.83. The average Bonchev–Trinajstić information content (AvgIpc) is 3.32. The van der Waals surface area contributed by atoms with Gasteiger partial charge in [0.2, 0.25) is 0 Å². The predicted octanol–water partition coefficient (Wildman–Crippen LogP) is 3.21. The van der Waals surface area contributed by atoms with Crippen LogP contribution in [-0.2, 0) is 0 Å². The molecule has 4 rings (SSSR count). The third-order valence-corrected chi connectivity index (χ3v) is 4.35. The number of hydrogen-bond acceptors (Lipinski definition) is 8. The Kier molecular flexibility index (Phi) is 4.20. The number of carbonyl (C=O) groups is 1. The van der Waals surface area contributed by atoms with Crippen molar-refractivity contribution in [2.24, 2.45) is 0 Å². The van der Waals surface area contributed by atoms with E-state index in [0.29, 0.717) is 22.2 Å². The van der Waals surface area contributed by atoms with Crippen LogP contribution < -0.4 is 5.32 Å². The first kappa shape index (κ1) is 16.0. The SMILES string of the molecule is Cc1cccnc1-c1csc(NC(=O)c2conc2-c2cnccn2)n1. The molecule has 4 aromatic heterocycles. The zero-order valence-electron chi connectivity index (χ0n) is 13.6. The molecule has 0 aromatic carbocycles. The molecule has 128 valence electrons. The number of pyridine rings is 1. The molecule has 0 saturated heterocycles. The first-order chi connectivity index (χ1) is 12.7. The smallest absolute Gasteiger partial charge is 0.263 e.